The number of amides is 1. The summed E-state index contributed by atoms with van der Waals surface area (Å²) in [4.78, 5) is 25.3. The van der Waals surface area contributed by atoms with E-state index in [9.17, 15) is 9.59 Å². The molecule has 0 radical (unpaired) electrons. The number of ether oxygens (including phenoxy) is 2. The fourth-order valence-electron chi connectivity index (χ4n) is 1.75. The maximum atomic E-state index is 12.3. The highest BCUT2D eigenvalue weighted by atomic mass is 79.9. The van der Waals surface area contributed by atoms with Gasteiger partial charge in [-0.3, -0.25) is 14.5 Å². The smallest absolute Gasteiger partial charge is 0.325 e. The Morgan fingerprint density at radius 2 is 2.18 bits per heavy atom. The van der Waals surface area contributed by atoms with Crippen molar-refractivity contribution in [3.05, 3.63) is 33.1 Å². The summed E-state index contributed by atoms with van der Waals surface area (Å²) in [5.74, 6) is -0.104. The molecule has 1 aliphatic heterocycles. The van der Waals surface area contributed by atoms with Crippen molar-refractivity contribution in [2.45, 2.75) is 0 Å². The third-order valence-corrected chi connectivity index (χ3v) is 4.86. The van der Waals surface area contributed by atoms with Crippen LogP contribution in [0.2, 0.25) is 0 Å². The van der Waals surface area contributed by atoms with E-state index in [4.69, 9.17) is 17.0 Å². The van der Waals surface area contributed by atoms with Gasteiger partial charge in [0, 0.05) is 0 Å². The molecule has 1 fully saturated rings. The molecule has 1 aromatic carbocycles. The van der Waals surface area contributed by atoms with Gasteiger partial charge in [-0.25, -0.2) is 0 Å². The zero-order valence-electron chi connectivity index (χ0n) is 11.8. The van der Waals surface area contributed by atoms with Crippen LogP contribution >= 0.6 is 39.9 Å². The first-order valence-electron chi connectivity index (χ1n) is 6.12. The Morgan fingerprint density at radius 3 is 2.77 bits per heavy atom. The van der Waals surface area contributed by atoms with E-state index in [2.05, 4.69) is 20.7 Å². The number of thiocarbonyl (C=S) groups is 1. The van der Waals surface area contributed by atoms with E-state index in [1.165, 1.54) is 12.0 Å². The van der Waals surface area contributed by atoms with Gasteiger partial charge in [0.1, 0.15) is 16.6 Å². The summed E-state index contributed by atoms with van der Waals surface area (Å²) in [5, 5.41) is 0. The summed E-state index contributed by atoms with van der Waals surface area (Å²) >= 11 is 9.69. The molecule has 0 unspecified atom stereocenters. The number of carbonyl (C=O) groups excluding carboxylic acids is 2. The molecule has 1 amide bonds. The molecule has 0 bridgehead atoms. The largest absolute Gasteiger partial charge is 0.496 e. The van der Waals surface area contributed by atoms with Gasteiger partial charge in [-0.15, -0.1) is 0 Å². The standard InChI is InChI=1S/C14H12BrNO4S2/c1-19-10-4-3-8(5-9(10)15)6-11-13(18)16(14(21)22-11)7-12(17)20-2/h3-6H,7H2,1-2H3/b11-6+. The zero-order valence-corrected chi connectivity index (χ0v) is 15.0. The average molecular weight is 402 g/mol. The maximum Gasteiger partial charge on any atom is 0.325 e. The monoisotopic (exact) mass is 401 g/mol. The molecule has 0 atom stereocenters. The minimum atomic E-state index is -0.509. The van der Waals surface area contributed by atoms with Gasteiger partial charge >= 0.3 is 5.97 Å². The Labute approximate surface area is 145 Å². The fraction of sp³-hybridized carbons (Fsp3) is 0.214. The Bertz CT molecular complexity index is 675. The highest BCUT2D eigenvalue weighted by Gasteiger charge is 2.33. The quantitative estimate of drug-likeness (QED) is 0.439. The van der Waals surface area contributed by atoms with E-state index in [1.807, 2.05) is 12.1 Å². The second-order valence-electron chi connectivity index (χ2n) is 4.24. The lowest BCUT2D eigenvalue weighted by Gasteiger charge is -2.11. The lowest BCUT2D eigenvalue weighted by Crippen LogP contribution is -2.33. The van der Waals surface area contributed by atoms with Crippen molar-refractivity contribution in [2.24, 2.45) is 0 Å². The molecular weight excluding hydrogens is 390 g/mol. The van der Waals surface area contributed by atoms with Crippen molar-refractivity contribution in [1.29, 1.82) is 0 Å². The van der Waals surface area contributed by atoms with Crippen LogP contribution in [0.4, 0.5) is 0 Å². The van der Waals surface area contributed by atoms with Crippen molar-refractivity contribution in [3.63, 3.8) is 0 Å². The molecule has 5 nitrogen and oxygen atoms in total. The van der Waals surface area contributed by atoms with Crippen LogP contribution < -0.4 is 4.74 Å². The summed E-state index contributed by atoms with van der Waals surface area (Å²) in [6.45, 7) is -0.176. The van der Waals surface area contributed by atoms with Crippen LogP contribution in [0, 0.1) is 0 Å². The third kappa shape index (κ3) is 3.68. The van der Waals surface area contributed by atoms with Crippen molar-refractivity contribution in [3.8, 4) is 5.75 Å². The number of hydrogen-bond acceptors (Lipinski definition) is 6. The predicted molar refractivity (Wildman–Crippen MR) is 92.6 cm³/mol. The number of benzene rings is 1. The van der Waals surface area contributed by atoms with Crippen molar-refractivity contribution < 1.29 is 19.1 Å². The minimum absolute atomic E-state index is 0.176. The molecular formula is C14H12BrNO4S2. The molecule has 1 aliphatic rings. The average Bonchev–Trinajstić information content (AvgIpc) is 2.75. The molecule has 0 saturated carbocycles. The van der Waals surface area contributed by atoms with Crippen LogP contribution in [0.1, 0.15) is 5.56 Å². The van der Waals surface area contributed by atoms with E-state index < -0.39 is 5.97 Å². The summed E-state index contributed by atoms with van der Waals surface area (Å²) < 4.78 is 10.9. The molecule has 8 heteroatoms. The van der Waals surface area contributed by atoms with E-state index >= 15 is 0 Å². The third-order valence-electron chi connectivity index (χ3n) is 2.86. The van der Waals surface area contributed by atoms with Crippen molar-refractivity contribution >= 4 is 62.2 Å². The Hall–Kier alpha value is -1.38. The molecule has 2 rings (SSSR count). The van der Waals surface area contributed by atoms with E-state index in [0.29, 0.717) is 15.0 Å². The SMILES string of the molecule is COC(=O)CN1C(=O)/C(=C\c2ccc(OC)c(Br)c2)SC1=S. The number of esters is 1. The molecule has 0 N–H and O–H groups in total. The lowest BCUT2D eigenvalue weighted by molar-refractivity contribution is -0.143. The maximum absolute atomic E-state index is 12.3. The van der Waals surface area contributed by atoms with Crippen LogP contribution in [0.25, 0.3) is 6.08 Å². The number of methoxy groups -OCH3 is 2. The van der Waals surface area contributed by atoms with E-state index in [-0.39, 0.29) is 12.5 Å². The van der Waals surface area contributed by atoms with Crippen LogP contribution in [-0.4, -0.2) is 41.9 Å². The summed E-state index contributed by atoms with van der Waals surface area (Å²) in [7, 11) is 2.85. The van der Waals surface area contributed by atoms with Crippen LogP contribution in [-0.2, 0) is 14.3 Å². The molecule has 0 aliphatic carbocycles. The van der Waals surface area contributed by atoms with E-state index in [1.54, 1.807) is 19.3 Å². The number of thioether (sulfide) groups is 1. The molecule has 0 spiro atoms. The number of rotatable bonds is 4. The Morgan fingerprint density at radius 1 is 1.45 bits per heavy atom. The van der Waals surface area contributed by atoms with Crippen LogP contribution in [0.3, 0.4) is 0 Å². The topological polar surface area (TPSA) is 55.8 Å². The van der Waals surface area contributed by atoms with Crippen LogP contribution in [0.5, 0.6) is 5.75 Å². The minimum Gasteiger partial charge on any atom is -0.496 e. The second kappa shape index (κ2) is 7.26. The molecule has 1 heterocycles. The molecule has 116 valence electrons. The number of halogens is 1. The Balaban J connectivity index is 2.22. The summed E-state index contributed by atoms with van der Waals surface area (Å²) in [6.07, 6.45) is 1.72. The summed E-state index contributed by atoms with van der Waals surface area (Å²) in [5.41, 5.74) is 0.825. The Kier molecular flexibility index (Phi) is 5.60. The molecule has 1 aromatic rings. The first kappa shape index (κ1) is 17.0. The summed E-state index contributed by atoms with van der Waals surface area (Å²) in [6, 6.07) is 5.47. The van der Waals surface area contributed by atoms with Gasteiger partial charge in [-0.05, 0) is 39.7 Å². The predicted octanol–water partition coefficient (Wildman–Crippen LogP) is 2.83. The van der Waals surface area contributed by atoms with Gasteiger partial charge in [-0.1, -0.05) is 30.0 Å². The lowest BCUT2D eigenvalue weighted by atomic mass is 10.2. The number of nitrogens with zero attached hydrogens (tertiary/aromatic N) is 1. The van der Waals surface area contributed by atoms with Crippen molar-refractivity contribution in [1.82, 2.24) is 4.90 Å². The van der Waals surface area contributed by atoms with Gasteiger partial charge in [0.25, 0.3) is 5.91 Å². The van der Waals surface area contributed by atoms with Gasteiger partial charge < -0.3 is 9.47 Å². The van der Waals surface area contributed by atoms with E-state index in [0.717, 1.165) is 21.8 Å². The number of carbonyl (C=O) groups is 2. The number of hydrogen-bond donors (Lipinski definition) is 0. The molecule has 0 aromatic heterocycles. The van der Waals surface area contributed by atoms with Crippen molar-refractivity contribution in [2.75, 3.05) is 20.8 Å². The van der Waals surface area contributed by atoms with Gasteiger partial charge in [0.2, 0.25) is 0 Å². The van der Waals surface area contributed by atoms with Gasteiger partial charge in [-0.2, -0.15) is 0 Å². The van der Waals surface area contributed by atoms with Crippen LogP contribution in [0.15, 0.2) is 27.6 Å². The highest BCUT2D eigenvalue weighted by Crippen LogP contribution is 2.33. The zero-order chi connectivity index (χ0) is 16.3. The fourth-order valence-corrected chi connectivity index (χ4v) is 3.57. The first-order valence-corrected chi connectivity index (χ1v) is 8.13. The molecule has 22 heavy (non-hydrogen) atoms. The normalized spacial score (nSPS) is 16.3. The molecule has 1 saturated heterocycles. The van der Waals surface area contributed by atoms with Gasteiger partial charge in [0.15, 0.2) is 0 Å². The van der Waals surface area contributed by atoms with Gasteiger partial charge in [0.05, 0.1) is 23.6 Å². The second-order valence-corrected chi connectivity index (χ2v) is 6.77. The first-order chi connectivity index (χ1) is 10.5. The highest BCUT2D eigenvalue weighted by molar-refractivity contribution is 9.10.